The van der Waals surface area contributed by atoms with Gasteiger partial charge in [0.05, 0.1) is 0 Å². The summed E-state index contributed by atoms with van der Waals surface area (Å²) in [6.45, 7) is 9.55. The fraction of sp³-hybridized carbons (Fsp3) is 0.735. The van der Waals surface area contributed by atoms with E-state index < -0.39 is 29.8 Å². The molecule has 0 bridgehead atoms. The number of nitrogens with zero attached hydrogens (tertiary/aromatic N) is 1. The molecule has 0 saturated heterocycles. The molecule has 0 spiro atoms. The van der Waals surface area contributed by atoms with Gasteiger partial charge < -0.3 is 30.1 Å². The second-order valence-corrected chi connectivity index (χ2v) is 13.2. The molecule has 2 saturated carbocycles. The van der Waals surface area contributed by atoms with E-state index in [0.29, 0.717) is 19.4 Å². The summed E-state index contributed by atoms with van der Waals surface area (Å²) in [6.07, 6.45) is 14.7. The maximum Gasteiger partial charge on any atom is 0.410 e. The Morgan fingerprint density at radius 2 is 1.47 bits per heavy atom. The highest BCUT2D eigenvalue weighted by Crippen LogP contribution is 2.22. The molecule has 43 heavy (non-hydrogen) atoms. The molecule has 3 rings (SSSR count). The van der Waals surface area contributed by atoms with Crippen molar-refractivity contribution in [1.29, 1.82) is 0 Å². The Bertz CT molecular complexity index is 921. The summed E-state index contributed by atoms with van der Waals surface area (Å²) < 4.78 is 10.5. The number of carboxylic acid groups (broad SMARTS) is 1. The molecule has 244 valence electrons. The van der Waals surface area contributed by atoms with Crippen LogP contribution in [0.1, 0.15) is 124 Å². The van der Waals surface area contributed by atoms with Gasteiger partial charge in [0.15, 0.2) is 0 Å². The molecule has 1 atom stereocenters. The van der Waals surface area contributed by atoms with Gasteiger partial charge in [0.25, 0.3) is 0 Å². The minimum atomic E-state index is -1.12. The van der Waals surface area contributed by atoms with Crippen molar-refractivity contribution < 1.29 is 29.0 Å². The molecule has 3 N–H and O–H groups in total. The zero-order chi connectivity index (χ0) is 31.7. The zero-order valence-electron chi connectivity index (χ0n) is 27.2. The predicted octanol–water partition coefficient (Wildman–Crippen LogP) is 7.42. The molecule has 2 fully saturated rings. The standard InChI is InChI=1S/C22H34N2O6.C12H23N/c1-16(2)24(21(28)29-15-17-11-7-6-8-12-17)14-10-9-13-18(19(25)26)23-20(27)30-22(3,4)5;1-3-7-11(8-4-1)13-12-9-5-2-6-10-12/h6-8,11-12,16,18H,9-10,13-15H2,1-5H3,(H,23,27)(H,25,26);11-13H,1-10H2. The van der Waals surface area contributed by atoms with Gasteiger partial charge in [-0.05, 0) is 85.1 Å². The Labute approximate surface area is 259 Å². The summed E-state index contributed by atoms with van der Waals surface area (Å²) in [5.74, 6) is -1.12. The molecule has 2 amide bonds. The van der Waals surface area contributed by atoms with E-state index in [0.717, 1.165) is 17.6 Å². The van der Waals surface area contributed by atoms with Crippen molar-refractivity contribution in [2.75, 3.05) is 6.54 Å². The number of aliphatic carboxylic acids is 1. The number of amides is 2. The van der Waals surface area contributed by atoms with Gasteiger partial charge in [-0.25, -0.2) is 14.4 Å². The summed E-state index contributed by atoms with van der Waals surface area (Å²) in [4.78, 5) is 37.2. The smallest absolute Gasteiger partial charge is 0.410 e. The summed E-state index contributed by atoms with van der Waals surface area (Å²) in [7, 11) is 0. The summed E-state index contributed by atoms with van der Waals surface area (Å²) in [6, 6.07) is 10.1. The van der Waals surface area contributed by atoms with E-state index in [9.17, 15) is 19.5 Å². The van der Waals surface area contributed by atoms with Crippen LogP contribution in [0.5, 0.6) is 0 Å². The van der Waals surface area contributed by atoms with Crippen molar-refractivity contribution in [1.82, 2.24) is 15.5 Å². The summed E-state index contributed by atoms with van der Waals surface area (Å²) in [5, 5.41) is 15.6. The van der Waals surface area contributed by atoms with Gasteiger partial charge in [0.2, 0.25) is 0 Å². The Morgan fingerprint density at radius 3 is 1.95 bits per heavy atom. The van der Waals surface area contributed by atoms with Crippen molar-refractivity contribution in [3.63, 3.8) is 0 Å². The van der Waals surface area contributed by atoms with Gasteiger partial charge in [0.1, 0.15) is 18.2 Å². The van der Waals surface area contributed by atoms with Crippen LogP contribution in [0.3, 0.4) is 0 Å². The fourth-order valence-corrected chi connectivity index (χ4v) is 5.57. The maximum absolute atomic E-state index is 12.4. The number of ether oxygens (including phenoxy) is 2. The Kier molecular flexibility index (Phi) is 16.5. The average Bonchev–Trinajstić information content (AvgIpc) is 2.96. The largest absolute Gasteiger partial charge is 0.480 e. The number of unbranched alkanes of at least 4 members (excludes halogenated alkanes) is 1. The number of alkyl carbamates (subject to hydrolysis) is 1. The first-order valence-electron chi connectivity index (χ1n) is 16.4. The molecule has 1 unspecified atom stereocenters. The number of nitrogens with one attached hydrogen (secondary N) is 2. The van der Waals surface area contributed by atoms with Crippen LogP contribution in [0.4, 0.5) is 9.59 Å². The van der Waals surface area contributed by atoms with Gasteiger partial charge in [-0.2, -0.15) is 0 Å². The van der Waals surface area contributed by atoms with Crippen LogP contribution in [-0.4, -0.2) is 64.5 Å². The molecule has 2 aliphatic rings. The number of carboxylic acids is 1. The van der Waals surface area contributed by atoms with E-state index in [1.165, 1.54) is 64.2 Å². The van der Waals surface area contributed by atoms with Crippen molar-refractivity contribution >= 4 is 18.2 Å². The van der Waals surface area contributed by atoms with Crippen LogP contribution in [0.25, 0.3) is 0 Å². The highest BCUT2D eigenvalue weighted by molar-refractivity contribution is 5.79. The Hall–Kier alpha value is -2.81. The van der Waals surface area contributed by atoms with Crippen molar-refractivity contribution in [2.45, 2.75) is 154 Å². The van der Waals surface area contributed by atoms with E-state index in [1.807, 2.05) is 44.2 Å². The normalized spacial score (nSPS) is 16.9. The van der Waals surface area contributed by atoms with Crippen molar-refractivity contribution in [3.8, 4) is 0 Å². The molecule has 0 radical (unpaired) electrons. The Morgan fingerprint density at radius 1 is 0.907 bits per heavy atom. The first-order valence-corrected chi connectivity index (χ1v) is 16.4. The van der Waals surface area contributed by atoms with Crippen LogP contribution in [0.15, 0.2) is 30.3 Å². The molecule has 0 aliphatic heterocycles. The van der Waals surface area contributed by atoms with E-state index in [4.69, 9.17) is 9.47 Å². The third-order valence-electron chi connectivity index (χ3n) is 7.88. The van der Waals surface area contributed by atoms with Crippen LogP contribution in [0.2, 0.25) is 0 Å². The second-order valence-electron chi connectivity index (χ2n) is 13.2. The molecule has 2 aliphatic carbocycles. The number of carbonyl (C=O) groups excluding carboxylic acids is 2. The number of rotatable bonds is 12. The molecule has 0 heterocycles. The van der Waals surface area contributed by atoms with Gasteiger partial charge in [0, 0.05) is 24.7 Å². The van der Waals surface area contributed by atoms with Crippen molar-refractivity contribution in [2.24, 2.45) is 0 Å². The fourth-order valence-electron chi connectivity index (χ4n) is 5.57. The van der Waals surface area contributed by atoms with Crippen LogP contribution < -0.4 is 10.6 Å². The number of hydrogen-bond acceptors (Lipinski definition) is 6. The first-order chi connectivity index (χ1) is 20.4. The summed E-state index contributed by atoms with van der Waals surface area (Å²) in [5.41, 5.74) is 0.206. The third-order valence-corrected chi connectivity index (χ3v) is 7.88. The molecule has 1 aromatic carbocycles. The number of carbonyl (C=O) groups is 3. The highest BCUT2D eigenvalue weighted by atomic mass is 16.6. The molecule has 9 nitrogen and oxygen atoms in total. The lowest BCUT2D eigenvalue weighted by Gasteiger charge is -2.30. The lowest BCUT2D eigenvalue weighted by atomic mass is 9.91. The zero-order valence-corrected chi connectivity index (χ0v) is 27.2. The quantitative estimate of drug-likeness (QED) is 0.213. The molecule has 1 aromatic rings. The van der Waals surface area contributed by atoms with Gasteiger partial charge in [-0.3, -0.25) is 0 Å². The average molecular weight is 604 g/mol. The van der Waals surface area contributed by atoms with E-state index in [2.05, 4.69) is 10.6 Å². The van der Waals surface area contributed by atoms with Gasteiger partial charge in [-0.1, -0.05) is 68.9 Å². The molecule has 0 aromatic heterocycles. The molecule has 9 heteroatoms. The minimum absolute atomic E-state index is 0.0524. The van der Waals surface area contributed by atoms with Crippen LogP contribution >= 0.6 is 0 Å². The highest BCUT2D eigenvalue weighted by Gasteiger charge is 2.24. The van der Waals surface area contributed by atoms with Crippen LogP contribution in [-0.2, 0) is 20.9 Å². The van der Waals surface area contributed by atoms with E-state index in [-0.39, 0.29) is 19.1 Å². The van der Waals surface area contributed by atoms with E-state index >= 15 is 0 Å². The van der Waals surface area contributed by atoms with Crippen LogP contribution in [0, 0.1) is 0 Å². The van der Waals surface area contributed by atoms with Gasteiger partial charge in [-0.15, -0.1) is 0 Å². The van der Waals surface area contributed by atoms with Crippen molar-refractivity contribution in [3.05, 3.63) is 35.9 Å². The predicted molar refractivity (Wildman–Crippen MR) is 170 cm³/mol. The topological polar surface area (TPSA) is 117 Å². The number of hydrogen-bond donors (Lipinski definition) is 3. The third kappa shape index (κ3) is 16.0. The SMILES string of the molecule is C1CCC(NC2CCCCC2)CC1.CC(C)N(CCCCC(NC(=O)OC(C)(C)C)C(=O)O)C(=O)OCc1ccccc1. The summed E-state index contributed by atoms with van der Waals surface area (Å²) >= 11 is 0. The maximum atomic E-state index is 12.4. The Balaban J connectivity index is 0.000000407. The number of benzene rings is 1. The second kappa shape index (κ2) is 19.5. The first kappa shape index (κ1) is 36.4. The minimum Gasteiger partial charge on any atom is -0.480 e. The van der Waals surface area contributed by atoms with E-state index in [1.54, 1.807) is 25.7 Å². The lowest BCUT2D eigenvalue weighted by molar-refractivity contribution is -0.139. The monoisotopic (exact) mass is 603 g/mol. The molecular formula is C34H57N3O6. The lowest BCUT2D eigenvalue weighted by Crippen LogP contribution is -2.43. The van der Waals surface area contributed by atoms with Gasteiger partial charge >= 0.3 is 18.2 Å². The molecular weight excluding hydrogens is 546 g/mol.